The fourth-order valence-corrected chi connectivity index (χ4v) is 4.62. The average Bonchev–Trinajstić information content (AvgIpc) is 2.24. The molecular formula is C7H14N2O4S3. The molecule has 0 spiro atoms. The maximum absolute atomic E-state index is 11.7. The molecule has 1 aliphatic rings. The molecule has 0 aromatic heterocycles. The first-order valence-corrected chi connectivity index (χ1v) is 8.53. The van der Waals surface area contributed by atoms with E-state index in [1.165, 1.54) is 0 Å². The lowest BCUT2D eigenvalue weighted by Gasteiger charge is -2.18. The molecule has 94 valence electrons. The normalized spacial score (nSPS) is 22.5. The third-order valence-corrected chi connectivity index (χ3v) is 6.10. The number of thiocarbonyl (C=S) groups is 1. The van der Waals surface area contributed by atoms with Crippen LogP contribution in [0, 0.1) is 0 Å². The molecule has 0 radical (unpaired) electrons. The van der Waals surface area contributed by atoms with E-state index in [0.29, 0.717) is 6.42 Å². The van der Waals surface area contributed by atoms with E-state index in [1.54, 1.807) is 0 Å². The molecule has 6 nitrogen and oxygen atoms in total. The van der Waals surface area contributed by atoms with Gasteiger partial charge in [0.15, 0.2) is 9.84 Å². The van der Waals surface area contributed by atoms with Gasteiger partial charge in [0.1, 0.15) is 5.75 Å². The zero-order valence-corrected chi connectivity index (χ0v) is 11.1. The van der Waals surface area contributed by atoms with Crippen LogP contribution in [-0.4, -0.2) is 56.5 Å². The summed E-state index contributed by atoms with van der Waals surface area (Å²) in [6, 6.07) is 0. The monoisotopic (exact) mass is 286 g/mol. The van der Waals surface area contributed by atoms with Gasteiger partial charge >= 0.3 is 0 Å². The number of sulfone groups is 1. The van der Waals surface area contributed by atoms with Crippen molar-refractivity contribution in [1.82, 2.24) is 4.31 Å². The molecule has 0 aromatic carbocycles. The van der Waals surface area contributed by atoms with Gasteiger partial charge in [-0.1, -0.05) is 12.2 Å². The van der Waals surface area contributed by atoms with Crippen LogP contribution >= 0.6 is 12.2 Å². The lowest BCUT2D eigenvalue weighted by atomic mass is 10.5. The number of hydrogen-bond donors (Lipinski definition) is 1. The highest BCUT2D eigenvalue weighted by molar-refractivity contribution is 7.92. The van der Waals surface area contributed by atoms with E-state index in [2.05, 4.69) is 12.2 Å². The van der Waals surface area contributed by atoms with Gasteiger partial charge in [0, 0.05) is 13.1 Å². The minimum absolute atomic E-state index is 0.00667. The van der Waals surface area contributed by atoms with Crippen LogP contribution in [0.15, 0.2) is 0 Å². The first kappa shape index (κ1) is 13.8. The Hall–Kier alpha value is -0.250. The Morgan fingerprint density at radius 2 is 1.94 bits per heavy atom. The minimum atomic E-state index is -3.55. The van der Waals surface area contributed by atoms with Crippen LogP contribution in [-0.2, 0) is 19.9 Å². The summed E-state index contributed by atoms with van der Waals surface area (Å²) < 4.78 is 47.2. The van der Waals surface area contributed by atoms with E-state index >= 15 is 0 Å². The number of nitrogens with two attached hydrogens (primary N) is 1. The summed E-state index contributed by atoms with van der Waals surface area (Å²) in [6.45, 7) is 0.206. The van der Waals surface area contributed by atoms with Crippen molar-refractivity contribution in [2.75, 3.05) is 30.3 Å². The smallest absolute Gasteiger partial charge is 0.220 e. The van der Waals surface area contributed by atoms with E-state index in [9.17, 15) is 16.8 Å². The molecule has 1 aliphatic heterocycles. The van der Waals surface area contributed by atoms with Crippen LogP contribution in [0.3, 0.4) is 0 Å². The quantitative estimate of drug-likeness (QED) is 0.649. The largest absolute Gasteiger partial charge is 0.392 e. The first-order chi connectivity index (χ1) is 7.23. The Kier molecular flexibility index (Phi) is 4.27. The molecule has 2 N–H and O–H groups in total. The predicted octanol–water partition coefficient (Wildman–Crippen LogP) is -1.28. The highest BCUT2D eigenvalue weighted by atomic mass is 32.2. The molecule has 1 saturated heterocycles. The first-order valence-electron chi connectivity index (χ1n) is 4.69. The Morgan fingerprint density at radius 3 is 2.50 bits per heavy atom. The summed E-state index contributed by atoms with van der Waals surface area (Å²) in [5.74, 6) is -0.502. The summed E-state index contributed by atoms with van der Waals surface area (Å²) in [5.41, 5.74) is 5.18. The molecule has 9 heteroatoms. The molecule has 16 heavy (non-hydrogen) atoms. The summed E-state index contributed by atoms with van der Waals surface area (Å²) >= 11 is 4.55. The van der Waals surface area contributed by atoms with Gasteiger partial charge in [-0.05, 0) is 6.42 Å². The van der Waals surface area contributed by atoms with E-state index in [-0.39, 0.29) is 29.6 Å². The summed E-state index contributed by atoms with van der Waals surface area (Å²) in [4.78, 5) is -0.105. The molecule has 0 saturated carbocycles. The van der Waals surface area contributed by atoms with Crippen molar-refractivity contribution in [3.63, 3.8) is 0 Å². The molecule has 0 atom stereocenters. The highest BCUT2D eigenvalue weighted by Gasteiger charge is 2.27. The van der Waals surface area contributed by atoms with Crippen molar-refractivity contribution in [3.05, 3.63) is 0 Å². The molecule has 0 bridgehead atoms. The molecule has 0 unspecified atom stereocenters. The van der Waals surface area contributed by atoms with Crippen molar-refractivity contribution in [2.45, 2.75) is 6.42 Å². The van der Waals surface area contributed by atoms with E-state index in [1.807, 2.05) is 0 Å². The maximum atomic E-state index is 11.7. The van der Waals surface area contributed by atoms with Gasteiger partial charge in [-0.3, -0.25) is 0 Å². The fraction of sp³-hybridized carbons (Fsp3) is 0.857. The third kappa shape index (κ3) is 3.96. The van der Waals surface area contributed by atoms with Gasteiger partial charge in [0.2, 0.25) is 10.0 Å². The van der Waals surface area contributed by atoms with Crippen molar-refractivity contribution in [3.8, 4) is 0 Å². The van der Waals surface area contributed by atoms with Crippen LogP contribution < -0.4 is 5.73 Å². The van der Waals surface area contributed by atoms with Crippen LogP contribution in [0.1, 0.15) is 6.42 Å². The molecule has 1 heterocycles. The molecule has 0 aromatic rings. The van der Waals surface area contributed by atoms with Crippen molar-refractivity contribution < 1.29 is 16.8 Å². The zero-order valence-electron chi connectivity index (χ0n) is 8.62. The number of hydrogen-bond acceptors (Lipinski definition) is 5. The topological polar surface area (TPSA) is 97.5 Å². The Morgan fingerprint density at radius 1 is 1.31 bits per heavy atom. The third-order valence-electron chi connectivity index (χ3n) is 2.23. The van der Waals surface area contributed by atoms with Crippen LogP contribution in [0.4, 0.5) is 0 Å². The second kappa shape index (κ2) is 4.94. The standard InChI is InChI=1S/C7H14N2O4S3/c8-7(14)6-16(12,13)9-2-1-4-15(10,11)5-3-9/h1-6H2,(H2,8,14). The van der Waals surface area contributed by atoms with Gasteiger partial charge in [-0.2, -0.15) is 0 Å². The SMILES string of the molecule is NC(=S)CS(=O)(=O)N1CCCS(=O)(=O)CC1. The van der Waals surface area contributed by atoms with Gasteiger partial charge in [0.25, 0.3) is 0 Å². The fourth-order valence-electron chi connectivity index (χ4n) is 1.46. The van der Waals surface area contributed by atoms with E-state index < -0.39 is 25.6 Å². The second-order valence-corrected chi connectivity index (χ2v) is 8.42. The van der Waals surface area contributed by atoms with Gasteiger partial charge in [0.05, 0.1) is 16.5 Å². The van der Waals surface area contributed by atoms with E-state index in [4.69, 9.17) is 5.73 Å². The van der Waals surface area contributed by atoms with Gasteiger partial charge in [-0.25, -0.2) is 21.1 Å². The maximum Gasteiger partial charge on any atom is 0.220 e. The van der Waals surface area contributed by atoms with Gasteiger partial charge < -0.3 is 5.73 Å². The molecule has 0 aliphatic carbocycles. The number of sulfonamides is 1. The Balaban J connectivity index is 2.79. The average molecular weight is 286 g/mol. The minimum Gasteiger partial charge on any atom is -0.392 e. The second-order valence-electron chi connectivity index (χ2n) is 3.63. The molecule has 0 amide bonds. The summed E-state index contributed by atoms with van der Waals surface area (Å²) in [6.07, 6.45) is 0.318. The summed E-state index contributed by atoms with van der Waals surface area (Å²) in [7, 11) is -6.66. The molecule has 1 fully saturated rings. The van der Waals surface area contributed by atoms with Crippen molar-refractivity contribution in [1.29, 1.82) is 0 Å². The lowest BCUT2D eigenvalue weighted by Crippen LogP contribution is -2.38. The number of rotatable bonds is 3. The predicted molar refractivity (Wildman–Crippen MR) is 65.4 cm³/mol. The van der Waals surface area contributed by atoms with Crippen molar-refractivity contribution in [2.24, 2.45) is 5.73 Å². The van der Waals surface area contributed by atoms with Crippen LogP contribution in [0.25, 0.3) is 0 Å². The Labute approximate surface area is 101 Å². The summed E-state index contributed by atoms with van der Waals surface area (Å²) in [5, 5.41) is 0. The van der Waals surface area contributed by atoms with E-state index in [0.717, 1.165) is 4.31 Å². The number of nitrogens with zero attached hydrogens (tertiary/aromatic N) is 1. The zero-order chi connectivity index (χ0) is 12.4. The van der Waals surface area contributed by atoms with Crippen LogP contribution in [0.2, 0.25) is 0 Å². The lowest BCUT2D eigenvalue weighted by molar-refractivity contribution is 0.437. The Bertz CT molecular complexity index is 468. The van der Waals surface area contributed by atoms with Crippen LogP contribution in [0.5, 0.6) is 0 Å². The highest BCUT2D eigenvalue weighted by Crippen LogP contribution is 2.10. The van der Waals surface area contributed by atoms with Gasteiger partial charge in [-0.15, -0.1) is 0 Å². The molecular weight excluding hydrogens is 272 g/mol. The van der Waals surface area contributed by atoms with Crippen molar-refractivity contribution >= 4 is 37.1 Å². The molecule has 1 rings (SSSR count).